The lowest BCUT2D eigenvalue weighted by Gasteiger charge is -2.34. The molecule has 6 heteroatoms. The highest BCUT2D eigenvalue weighted by atomic mass is 16.5. The first kappa shape index (κ1) is 13.9. The number of fused-ring (bicyclic) bond motifs is 1. The van der Waals surface area contributed by atoms with Gasteiger partial charge in [0.25, 0.3) is 5.91 Å². The van der Waals surface area contributed by atoms with Crippen molar-refractivity contribution in [1.29, 1.82) is 0 Å². The van der Waals surface area contributed by atoms with Crippen molar-refractivity contribution >= 4 is 17.5 Å². The van der Waals surface area contributed by atoms with Crippen molar-refractivity contribution < 1.29 is 19.1 Å². The minimum absolute atomic E-state index is 0.0452. The van der Waals surface area contributed by atoms with Gasteiger partial charge in [0.15, 0.2) is 6.10 Å². The summed E-state index contributed by atoms with van der Waals surface area (Å²) in [6, 6.07) is 7.29. The molecule has 2 aliphatic rings. The maximum atomic E-state index is 12.4. The van der Waals surface area contributed by atoms with E-state index < -0.39 is 6.10 Å². The van der Waals surface area contributed by atoms with E-state index in [4.69, 9.17) is 9.47 Å². The van der Waals surface area contributed by atoms with Crippen LogP contribution in [-0.4, -0.2) is 55.7 Å². The fraction of sp³-hybridized carbons (Fsp3) is 0.467. The molecule has 112 valence electrons. The van der Waals surface area contributed by atoms with E-state index in [9.17, 15) is 9.59 Å². The van der Waals surface area contributed by atoms with Crippen LogP contribution in [-0.2, 0) is 14.3 Å². The molecular weight excluding hydrogens is 272 g/mol. The number of ether oxygens (including phenoxy) is 2. The summed E-state index contributed by atoms with van der Waals surface area (Å²) in [5.41, 5.74) is 0.655. The van der Waals surface area contributed by atoms with Gasteiger partial charge in [0.1, 0.15) is 12.3 Å². The lowest BCUT2D eigenvalue weighted by molar-refractivity contribution is -0.136. The van der Waals surface area contributed by atoms with Crippen molar-refractivity contribution in [3.8, 4) is 5.75 Å². The molecule has 1 aromatic rings. The predicted octanol–water partition coefficient (Wildman–Crippen LogP) is 0.659. The number of morpholine rings is 1. The number of carbonyl (C=O) groups is 2. The quantitative estimate of drug-likeness (QED) is 0.803. The number of hydrogen-bond acceptors (Lipinski definition) is 4. The van der Waals surface area contributed by atoms with Crippen LogP contribution < -0.4 is 9.64 Å². The summed E-state index contributed by atoms with van der Waals surface area (Å²) in [7, 11) is 0. The summed E-state index contributed by atoms with van der Waals surface area (Å²) < 4.78 is 10.8. The average Bonchev–Trinajstić information content (AvgIpc) is 2.52. The van der Waals surface area contributed by atoms with E-state index in [0.717, 1.165) is 0 Å². The molecule has 1 fully saturated rings. The Morgan fingerprint density at radius 2 is 2.00 bits per heavy atom. The Balaban J connectivity index is 1.80. The van der Waals surface area contributed by atoms with Crippen LogP contribution in [0.2, 0.25) is 0 Å². The van der Waals surface area contributed by atoms with Gasteiger partial charge in [-0.25, -0.2) is 0 Å². The Hall–Kier alpha value is -2.08. The average molecular weight is 290 g/mol. The predicted molar refractivity (Wildman–Crippen MR) is 76.3 cm³/mol. The fourth-order valence-electron chi connectivity index (χ4n) is 2.57. The molecule has 0 saturated carbocycles. The number of benzene rings is 1. The van der Waals surface area contributed by atoms with Crippen LogP contribution in [0.1, 0.15) is 6.92 Å². The Bertz CT molecular complexity index is 554. The topological polar surface area (TPSA) is 59.1 Å². The van der Waals surface area contributed by atoms with Gasteiger partial charge in [0.2, 0.25) is 5.91 Å². The Morgan fingerprint density at radius 1 is 1.29 bits per heavy atom. The van der Waals surface area contributed by atoms with Crippen LogP contribution in [0.15, 0.2) is 24.3 Å². The van der Waals surface area contributed by atoms with E-state index in [1.54, 1.807) is 17.9 Å². The van der Waals surface area contributed by atoms with E-state index >= 15 is 0 Å². The number of hydrogen-bond donors (Lipinski definition) is 0. The molecule has 0 aromatic heterocycles. The molecule has 1 unspecified atom stereocenters. The van der Waals surface area contributed by atoms with Gasteiger partial charge in [0, 0.05) is 13.1 Å². The number of rotatable bonds is 2. The molecule has 0 aliphatic carbocycles. The maximum Gasteiger partial charge on any atom is 0.268 e. The van der Waals surface area contributed by atoms with Gasteiger partial charge in [-0.2, -0.15) is 0 Å². The van der Waals surface area contributed by atoms with Crippen molar-refractivity contribution in [2.45, 2.75) is 13.0 Å². The second kappa shape index (κ2) is 5.73. The van der Waals surface area contributed by atoms with Gasteiger partial charge in [-0.3, -0.25) is 14.5 Å². The second-order valence-electron chi connectivity index (χ2n) is 5.15. The van der Waals surface area contributed by atoms with Gasteiger partial charge in [-0.1, -0.05) is 12.1 Å². The zero-order chi connectivity index (χ0) is 14.8. The summed E-state index contributed by atoms with van der Waals surface area (Å²) in [5, 5.41) is 0. The molecule has 2 heterocycles. The summed E-state index contributed by atoms with van der Waals surface area (Å²) >= 11 is 0. The van der Waals surface area contributed by atoms with Crippen LogP contribution in [0.5, 0.6) is 5.75 Å². The smallest absolute Gasteiger partial charge is 0.268 e. The Kier molecular flexibility index (Phi) is 3.79. The molecule has 6 nitrogen and oxygen atoms in total. The van der Waals surface area contributed by atoms with Crippen molar-refractivity contribution in [3.63, 3.8) is 0 Å². The van der Waals surface area contributed by atoms with Crippen molar-refractivity contribution in [2.75, 3.05) is 37.7 Å². The highest BCUT2D eigenvalue weighted by Crippen LogP contribution is 2.33. The molecule has 1 atom stereocenters. The van der Waals surface area contributed by atoms with E-state index in [1.807, 2.05) is 18.2 Å². The third kappa shape index (κ3) is 2.71. The number of anilines is 1. The van der Waals surface area contributed by atoms with E-state index in [2.05, 4.69) is 0 Å². The minimum atomic E-state index is -0.572. The molecule has 1 aromatic carbocycles. The second-order valence-corrected chi connectivity index (χ2v) is 5.15. The third-order valence-electron chi connectivity index (χ3n) is 3.73. The van der Waals surface area contributed by atoms with Crippen LogP contribution in [0.4, 0.5) is 5.69 Å². The molecule has 0 N–H and O–H groups in total. The summed E-state index contributed by atoms with van der Waals surface area (Å²) in [6.45, 7) is 4.00. The summed E-state index contributed by atoms with van der Waals surface area (Å²) in [5.74, 6) is 0.394. The van der Waals surface area contributed by atoms with Gasteiger partial charge in [-0.05, 0) is 19.1 Å². The summed E-state index contributed by atoms with van der Waals surface area (Å²) in [4.78, 5) is 27.9. The fourth-order valence-corrected chi connectivity index (χ4v) is 2.57. The van der Waals surface area contributed by atoms with Gasteiger partial charge >= 0.3 is 0 Å². The van der Waals surface area contributed by atoms with Crippen molar-refractivity contribution in [3.05, 3.63) is 24.3 Å². The largest absolute Gasteiger partial charge is 0.479 e. The lowest BCUT2D eigenvalue weighted by Crippen LogP contribution is -2.51. The Morgan fingerprint density at radius 3 is 2.76 bits per heavy atom. The number of nitrogens with zero attached hydrogens (tertiary/aromatic N) is 2. The van der Waals surface area contributed by atoms with Crippen molar-refractivity contribution in [2.24, 2.45) is 0 Å². The first-order chi connectivity index (χ1) is 10.2. The first-order valence-corrected chi connectivity index (χ1v) is 7.09. The maximum absolute atomic E-state index is 12.4. The van der Waals surface area contributed by atoms with Gasteiger partial charge < -0.3 is 14.4 Å². The number of amides is 2. The molecule has 0 radical (unpaired) electrons. The normalized spacial score (nSPS) is 21.8. The van der Waals surface area contributed by atoms with E-state index in [-0.39, 0.29) is 18.4 Å². The third-order valence-corrected chi connectivity index (χ3v) is 3.73. The van der Waals surface area contributed by atoms with Crippen LogP contribution >= 0.6 is 0 Å². The zero-order valence-electron chi connectivity index (χ0n) is 11.9. The van der Waals surface area contributed by atoms with E-state index in [0.29, 0.717) is 37.7 Å². The monoisotopic (exact) mass is 290 g/mol. The van der Waals surface area contributed by atoms with Crippen molar-refractivity contribution in [1.82, 2.24) is 4.90 Å². The molecule has 21 heavy (non-hydrogen) atoms. The SMILES string of the molecule is CC1Oc2ccccc2N(CC(=O)N2CCOCC2)C1=O. The van der Waals surface area contributed by atoms with Crippen LogP contribution in [0, 0.1) is 0 Å². The number of carbonyl (C=O) groups excluding carboxylic acids is 2. The molecule has 2 aliphatic heterocycles. The van der Waals surface area contributed by atoms with Gasteiger partial charge in [0.05, 0.1) is 18.9 Å². The van der Waals surface area contributed by atoms with Crippen LogP contribution in [0.3, 0.4) is 0 Å². The minimum Gasteiger partial charge on any atom is -0.479 e. The first-order valence-electron chi connectivity index (χ1n) is 7.09. The molecule has 0 bridgehead atoms. The highest BCUT2D eigenvalue weighted by molar-refractivity contribution is 6.03. The van der Waals surface area contributed by atoms with Crippen LogP contribution in [0.25, 0.3) is 0 Å². The zero-order valence-corrected chi connectivity index (χ0v) is 11.9. The number of para-hydroxylation sites is 2. The molecule has 2 amide bonds. The Labute approximate surface area is 123 Å². The standard InChI is InChI=1S/C15H18N2O4/c1-11-15(19)17(12-4-2-3-5-13(12)21-11)10-14(18)16-6-8-20-9-7-16/h2-5,11H,6-10H2,1H3. The molecular formula is C15H18N2O4. The van der Waals surface area contributed by atoms with Gasteiger partial charge in [-0.15, -0.1) is 0 Å². The lowest BCUT2D eigenvalue weighted by atomic mass is 10.2. The molecule has 0 spiro atoms. The summed E-state index contributed by atoms with van der Waals surface area (Å²) in [6.07, 6.45) is -0.572. The van der Waals surface area contributed by atoms with E-state index in [1.165, 1.54) is 4.90 Å². The molecule has 3 rings (SSSR count). The highest BCUT2D eigenvalue weighted by Gasteiger charge is 2.33. The molecule has 1 saturated heterocycles.